The van der Waals surface area contributed by atoms with Gasteiger partial charge in [0.25, 0.3) is 0 Å². The van der Waals surface area contributed by atoms with Crippen LogP contribution < -0.4 is 0 Å². The van der Waals surface area contributed by atoms with Crippen molar-refractivity contribution >= 4 is 79.4 Å². The number of nitrogens with zero attached hydrogens (tertiary/aromatic N) is 3. The maximum absolute atomic E-state index is 12.7. The summed E-state index contributed by atoms with van der Waals surface area (Å²) in [4.78, 5) is 22.3. The van der Waals surface area contributed by atoms with E-state index in [1.807, 2.05) is 22.6 Å². The van der Waals surface area contributed by atoms with Crippen molar-refractivity contribution in [2.75, 3.05) is 14.1 Å². The summed E-state index contributed by atoms with van der Waals surface area (Å²) in [6.45, 7) is 4.13. The van der Waals surface area contributed by atoms with Gasteiger partial charge in [0.1, 0.15) is 0 Å². The van der Waals surface area contributed by atoms with Crippen molar-refractivity contribution in [3.05, 3.63) is 44.7 Å². The lowest BCUT2D eigenvalue weighted by atomic mass is 10.1. The third-order valence-electron chi connectivity index (χ3n) is 4.44. The summed E-state index contributed by atoms with van der Waals surface area (Å²) in [5.41, 5.74) is 3.40. The molecule has 4 nitrogen and oxygen atoms in total. The highest BCUT2D eigenvalue weighted by atomic mass is 35.5. The van der Waals surface area contributed by atoms with Crippen molar-refractivity contribution in [2.45, 2.75) is 19.2 Å². The number of rotatable bonds is 3. The second kappa shape index (κ2) is 7.84. The largest absolute Gasteiger partial charge is 0.347 e. The van der Waals surface area contributed by atoms with Crippen LogP contribution in [0.25, 0.3) is 26.4 Å². The third kappa shape index (κ3) is 3.42. The van der Waals surface area contributed by atoms with Gasteiger partial charge in [0.2, 0.25) is 5.91 Å². The second-order valence-corrected chi connectivity index (χ2v) is 9.94. The zero-order valence-electron chi connectivity index (χ0n) is 15.6. The van der Waals surface area contributed by atoms with Crippen molar-refractivity contribution in [2.24, 2.45) is 0 Å². The number of thiophene rings is 1. The minimum absolute atomic E-state index is 0. The third-order valence-corrected chi connectivity index (χ3v) is 7.06. The molecule has 3 heterocycles. The number of hydrogen-bond donors (Lipinski definition) is 0. The number of benzene rings is 1. The molecule has 1 atom stereocenters. The van der Waals surface area contributed by atoms with E-state index in [0.717, 1.165) is 31.3 Å². The second-order valence-electron chi connectivity index (χ2n) is 6.60. The summed E-state index contributed by atoms with van der Waals surface area (Å²) in [5, 5.41) is -0.211. The summed E-state index contributed by atoms with van der Waals surface area (Å²) in [6, 6.07) is 7.83. The molecule has 1 amide bonds. The number of thiazole rings is 1. The van der Waals surface area contributed by atoms with Crippen LogP contribution in [0.4, 0.5) is 0 Å². The van der Waals surface area contributed by atoms with E-state index in [4.69, 9.17) is 28.2 Å². The summed E-state index contributed by atoms with van der Waals surface area (Å²) in [5.74, 6) is -0.175. The number of carbonyl (C=O) groups excluding carboxylic acids is 1. The monoisotopic (exact) mass is 473 g/mol. The van der Waals surface area contributed by atoms with Crippen molar-refractivity contribution in [3.63, 3.8) is 0 Å². The van der Waals surface area contributed by atoms with Crippen molar-refractivity contribution in [1.82, 2.24) is 14.3 Å². The van der Waals surface area contributed by atoms with Crippen LogP contribution in [0.5, 0.6) is 0 Å². The molecule has 1 unspecified atom stereocenters. The van der Waals surface area contributed by atoms with Gasteiger partial charge < -0.3 is 4.90 Å². The van der Waals surface area contributed by atoms with Gasteiger partial charge in [-0.15, -0.1) is 35.3 Å². The van der Waals surface area contributed by atoms with Gasteiger partial charge in [-0.1, -0.05) is 22.9 Å². The van der Waals surface area contributed by atoms with Crippen LogP contribution >= 0.6 is 58.3 Å². The normalized spacial score (nSPS) is 12.4. The van der Waals surface area contributed by atoms with Crippen LogP contribution in [0.15, 0.2) is 24.3 Å². The molecule has 0 N–H and O–H groups in total. The van der Waals surface area contributed by atoms with E-state index in [1.54, 1.807) is 36.8 Å². The fraction of sp³-hybridized carbons (Fsp3) is 0.263. The molecule has 148 valence electrons. The average Bonchev–Trinajstić information content (AvgIpc) is 3.24. The Morgan fingerprint density at radius 3 is 2.54 bits per heavy atom. The molecule has 9 heteroatoms. The van der Waals surface area contributed by atoms with Gasteiger partial charge in [-0.25, -0.2) is 4.98 Å². The van der Waals surface area contributed by atoms with Gasteiger partial charge in [0.05, 0.1) is 21.6 Å². The van der Waals surface area contributed by atoms with Crippen LogP contribution in [0.2, 0.25) is 5.02 Å². The number of likely N-dealkylation sites (N-methyl/N-ethyl adjacent to an activating group) is 1. The number of hydrogen-bond acceptors (Lipinski definition) is 4. The zero-order valence-corrected chi connectivity index (χ0v) is 19.6. The first-order chi connectivity index (χ1) is 12.8. The maximum atomic E-state index is 12.7. The molecule has 4 aromatic rings. The van der Waals surface area contributed by atoms with Gasteiger partial charge in [-0.2, -0.15) is 0 Å². The summed E-state index contributed by atoms with van der Waals surface area (Å²) in [7, 11) is 3.41. The summed E-state index contributed by atoms with van der Waals surface area (Å²) >= 11 is 16.2. The molecule has 1 aromatic carbocycles. The molecule has 0 fully saturated rings. The fourth-order valence-corrected chi connectivity index (χ4v) is 5.70. The van der Waals surface area contributed by atoms with Gasteiger partial charge in [0.15, 0.2) is 10.3 Å². The van der Waals surface area contributed by atoms with Gasteiger partial charge in [-0.3, -0.25) is 9.20 Å². The van der Waals surface area contributed by atoms with E-state index in [-0.39, 0.29) is 18.3 Å². The lowest BCUT2D eigenvalue weighted by molar-refractivity contribution is -0.128. The number of imidazole rings is 1. The average molecular weight is 475 g/mol. The standard InChI is InChI=1S/C19H17Cl2N3OS2.ClH/c1-9-7-12(10(2)26-9)16-17(15(21)18(25)23(3)4)24-13-8-11(20)5-6-14(13)27-19(24)22-16;/h5-8,15H,1-4H3;1H. The number of amides is 1. The number of alkyl halides is 1. The van der Waals surface area contributed by atoms with E-state index in [0.29, 0.717) is 10.7 Å². The van der Waals surface area contributed by atoms with E-state index in [2.05, 4.69) is 19.9 Å². The van der Waals surface area contributed by atoms with Gasteiger partial charge in [-0.05, 0) is 38.1 Å². The fourth-order valence-electron chi connectivity index (χ4n) is 3.20. The lowest BCUT2D eigenvalue weighted by Crippen LogP contribution is -2.26. The van der Waals surface area contributed by atoms with E-state index in [1.165, 1.54) is 9.78 Å². The molecular weight excluding hydrogens is 457 g/mol. The molecule has 0 saturated heterocycles. The Labute approximate surface area is 187 Å². The highest BCUT2D eigenvalue weighted by Gasteiger charge is 2.30. The Morgan fingerprint density at radius 2 is 1.93 bits per heavy atom. The van der Waals surface area contributed by atoms with Crippen LogP contribution in [-0.2, 0) is 4.79 Å². The first-order valence-corrected chi connectivity index (χ1v) is 10.8. The predicted octanol–water partition coefficient (Wildman–Crippen LogP) is 6.34. The molecule has 0 saturated carbocycles. The maximum Gasteiger partial charge on any atom is 0.246 e. The molecular formula is C19H18Cl3N3OS2. The Balaban J connectivity index is 0.00000225. The van der Waals surface area contributed by atoms with Crippen LogP contribution in [0, 0.1) is 13.8 Å². The number of carbonyl (C=O) groups is 1. The molecule has 4 rings (SSSR count). The van der Waals surface area contributed by atoms with Crippen LogP contribution in [0.1, 0.15) is 20.8 Å². The van der Waals surface area contributed by atoms with Crippen molar-refractivity contribution in [3.8, 4) is 11.3 Å². The SMILES string of the molecule is Cc1cc(-c2nc3sc4ccc(Cl)cc4n3c2C(Cl)C(=O)N(C)C)c(C)s1.Cl. The number of aromatic nitrogens is 2. The summed E-state index contributed by atoms with van der Waals surface area (Å²) < 4.78 is 3.03. The molecule has 3 aromatic heterocycles. The predicted molar refractivity (Wildman–Crippen MR) is 123 cm³/mol. The topological polar surface area (TPSA) is 37.6 Å². The van der Waals surface area contributed by atoms with E-state index >= 15 is 0 Å². The number of aryl methyl sites for hydroxylation is 2. The van der Waals surface area contributed by atoms with Gasteiger partial charge in [0, 0.05) is 34.4 Å². The zero-order chi connectivity index (χ0) is 19.5. The number of fused-ring (bicyclic) bond motifs is 3. The van der Waals surface area contributed by atoms with Crippen molar-refractivity contribution < 1.29 is 4.79 Å². The quantitative estimate of drug-likeness (QED) is 0.325. The van der Waals surface area contributed by atoms with Crippen LogP contribution in [-0.4, -0.2) is 34.3 Å². The Bertz CT molecular complexity index is 1190. The Hall–Kier alpha value is -1.31. The molecule has 0 bridgehead atoms. The molecule has 0 radical (unpaired) electrons. The highest BCUT2D eigenvalue weighted by Crippen LogP contribution is 2.41. The first kappa shape index (κ1) is 21.4. The molecule has 0 aliphatic heterocycles. The van der Waals surface area contributed by atoms with Gasteiger partial charge >= 0.3 is 0 Å². The lowest BCUT2D eigenvalue weighted by Gasteiger charge is -2.16. The van der Waals surface area contributed by atoms with Crippen LogP contribution in [0.3, 0.4) is 0 Å². The summed E-state index contributed by atoms with van der Waals surface area (Å²) in [6.07, 6.45) is 0. The van der Waals surface area contributed by atoms with E-state index < -0.39 is 5.38 Å². The molecule has 0 aliphatic rings. The van der Waals surface area contributed by atoms with Crippen molar-refractivity contribution in [1.29, 1.82) is 0 Å². The Kier molecular flexibility index (Phi) is 5.99. The Morgan fingerprint density at radius 1 is 1.21 bits per heavy atom. The van der Waals surface area contributed by atoms with E-state index in [9.17, 15) is 4.79 Å². The highest BCUT2D eigenvalue weighted by molar-refractivity contribution is 7.23. The minimum atomic E-state index is -0.846. The minimum Gasteiger partial charge on any atom is -0.347 e. The number of halogens is 3. The molecule has 0 spiro atoms. The first-order valence-electron chi connectivity index (χ1n) is 8.31. The molecule has 28 heavy (non-hydrogen) atoms. The molecule has 0 aliphatic carbocycles. The smallest absolute Gasteiger partial charge is 0.246 e.